The zero-order chi connectivity index (χ0) is 12.8. The largest absolute Gasteiger partial charge is 0.497 e. The van der Waals surface area contributed by atoms with E-state index < -0.39 is 11.6 Å². The summed E-state index contributed by atoms with van der Waals surface area (Å²) in [5, 5.41) is 5.07. The van der Waals surface area contributed by atoms with Crippen molar-refractivity contribution in [3.63, 3.8) is 0 Å². The molecule has 5 heteroatoms. The monoisotopic (exact) mass is 246 g/mol. The Kier molecular flexibility index (Phi) is 2.29. The quantitative estimate of drug-likeness (QED) is 0.719. The van der Waals surface area contributed by atoms with Gasteiger partial charge in [-0.25, -0.2) is 4.79 Å². The summed E-state index contributed by atoms with van der Waals surface area (Å²) in [4.78, 5) is 23.2. The number of hydrogen-bond acceptors (Lipinski definition) is 3. The number of ether oxygens (including phenoxy) is 1. The molecule has 94 valence electrons. The lowest BCUT2D eigenvalue weighted by atomic mass is 9.78. The van der Waals surface area contributed by atoms with Crippen LogP contribution in [0.4, 0.5) is 4.79 Å². The van der Waals surface area contributed by atoms with E-state index in [9.17, 15) is 9.59 Å². The maximum Gasteiger partial charge on any atom is 0.322 e. The third-order valence-electron chi connectivity index (χ3n) is 3.74. The second-order valence-corrected chi connectivity index (χ2v) is 4.80. The van der Waals surface area contributed by atoms with Crippen LogP contribution in [0.15, 0.2) is 18.2 Å². The van der Waals surface area contributed by atoms with Crippen LogP contribution in [0.25, 0.3) is 0 Å². The van der Waals surface area contributed by atoms with Crippen LogP contribution in [0.5, 0.6) is 5.75 Å². The van der Waals surface area contributed by atoms with Gasteiger partial charge in [-0.3, -0.25) is 10.1 Å². The fraction of sp³-hybridized carbons (Fsp3) is 0.385. The van der Waals surface area contributed by atoms with Crippen molar-refractivity contribution in [2.24, 2.45) is 0 Å². The minimum Gasteiger partial charge on any atom is -0.497 e. The molecule has 0 aromatic heterocycles. The van der Waals surface area contributed by atoms with Gasteiger partial charge in [0.25, 0.3) is 5.91 Å². The Morgan fingerprint density at radius 2 is 2.11 bits per heavy atom. The fourth-order valence-corrected chi connectivity index (χ4v) is 2.72. The lowest BCUT2D eigenvalue weighted by Gasteiger charge is -2.31. The topological polar surface area (TPSA) is 67.4 Å². The number of carbonyl (C=O) groups excluding carboxylic acids is 2. The first kappa shape index (κ1) is 11.1. The van der Waals surface area contributed by atoms with Crippen LogP contribution in [-0.2, 0) is 17.6 Å². The Morgan fingerprint density at radius 1 is 1.28 bits per heavy atom. The molecule has 2 N–H and O–H groups in total. The van der Waals surface area contributed by atoms with Gasteiger partial charge >= 0.3 is 6.03 Å². The standard InChI is InChI=1S/C13H14N2O3/c1-18-10-3-2-9-7-13(5-4-8(9)6-10)11(16)14-12(17)15-13/h2-3,6H,4-5,7H2,1H3,(H2,14,15,16,17)/t13-/m1/s1. The summed E-state index contributed by atoms with van der Waals surface area (Å²) in [6, 6.07) is 5.45. The van der Waals surface area contributed by atoms with Gasteiger partial charge in [0, 0.05) is 6.42 Å². The van der Waals surface area contributed by atoms with Crippen molar-refractivity contribution in [3.05, 3.63) is 29.3 Å². The van der Waals surface area contributed by atoms with Crippen LogP contribution in [0, 0.1) is 0 Å². The van der Waals surface area contributed by atoms with E-state index >= 15 is 0 Å². The predicted octanol–water partition coefficient (Wildman–Crippen LogP) is 0.762. The highest BCUT2D eigenvalue weighted by Gasteiger charge is 2.47. The summed E-state index contributed by atoms with van der Waals surface area (Å²) in [6.45, 7) is 0. The van der Waals surface area contributed by atoms with Crippen molar-refractivity contribution in [1.29, 1.82) is 0 Å². The second kappa shape index (κ2) is 3.73. The van der Waals surface area contributed by atoms with Crippen molar-refractivity contribution in [1.82, 2.24) is 10.6 Å². The summed E-state index contributed by atoms with van der Waals surface area (Å²) in [5.74, 6) is 0.610. The van der Waals surface area contributed by atoms with E-state index in [0.29, 0.717) is 12.8 Å². The number of aryl methyl sites for hydroxylation is 1. The van der Waals surface area contributed by atoms with Crippen LogP contribution in [-0.4, -0.2) is 24.6 Å². The molecule has 1 atom stereocenters. The molecular weight excluding hydrogens is 232 g/mol. The molecule has 0 bridgehead atoms. The molecule has 1 aliphatic carbocycles. The van der Waals surface area contributed by atoms with E-state index in [0.717, 1.165) is 17.7 Å². The van der Waals surface area contributed by atoms with E-state index in [1.165, 1.54) is 5.56 Å². The van der Waals surface area contributed by atoms with Crippen molar-refractivity contribution >= 4 is 11.9 Å². The first-order valence-electron chi connectivity index (χ1n) is 5.92. The zero-order valence-electron chi connectivity index (χ0n) is 10.1. The number of carbonyl (C=O) groups is 2. The van der Waals surface area contributed by atoms with Crippen molar-refractivity contribution in [3.8, 4) is 5.75 Å². The molecule has 5 nitrogen and oxygen atoms in total. The molecule has 1 fully saturated rings. The predicted molar refractivity (Wildman–Crippen MR) is 64.4 cm³/mol. The number of fused-ring (bicyclic) bond motifs is 1. The molecule has 1 heterocycles. The molecule has 3 rings (SSSR count). The Morgan fingerprint density at radius 3 is 2.78 bits per heavy atom. The molecule has 2 aliphatic rings. The maximum absolute atomic E-state index is 11.9. The third kappa shape index (κ3) is 1.54. The van der Waals surface area contributed by atoms with Crippen LogP contribution >= 0.6 is 0 Å². The number of imide groups is 1. The molecule has 18 heavy (non-hydrogen) atoms. The molecule has 0 radical (unpaired) electrons. The lowest BCUT2D eigenvalue weighted by molar-refractivity contribution is -0.124. The van der Waals surface area contributed by atoms with Gasteiger partial charge in [0.05, 0.1) is 7.11 Å². The molecule has 0 saturated carbocycles. The lowest BCUT2D eigenvalue weighted by Crippen LogP contribution is -2.51. The Balaban J connectivity index is 1.94. The summed E-state index contributed by atoms with van der Waals surface area (Å²) in [5.41, 5.74) is 1.53. The molecular formula is C13H14N2O3. The minimum atomic E-state index is -0.751. The highest BCUT2D eigenvalue weighted by Crippen LogP contribution is 2.32. The molecule has 0 unspecified atom stereocenters. The van der Waals surface area contributed by atoms with Gasteiger partial charge in [0.1, 0.15) is 11.3 Å². The molecule has 3 amide bonds. The first-order valence-corrected chi connectivity index (χ1v) is 5.92. The van der Waals surface area contributed by atoms with Gasteiger partial charge in [-0.05, 0) is 36.1 Å². The van der Waals surface area contributed by atoms with E-state index in [-0.39, 0.29) is 5.91 Å². The number of amides is 3. The van der Waals surface area contributed by atoms with Gasteiger partial charge in [-0.15, -0.1) is 0 Å². The molecule has 1 aromatic rings. The van der Waals surface area contributed by atoms with Gasteiger partial charge < -0.3 is 10.1 Å². The highest BCUT2D eigenvalue weighted by molar-refractivity contribution is 6.07. The minimum absolute atomic E-state index is 0.214. The smallest absolute Gasteiger partial charge is 0.322 e. The van der Waals surface area contributed by atoms with Crippen LogP contribution in [0.2, 0.25) is 0 Å². The molecule has 1 aromatic carbocycles. The maximum atomic E-state index is 11.9. The van der Waals surface area contributed by atoms with Crippen molar-refractivity contribution in [2.75, 3.05) is 7.11 Å². The fourth-order valence-electron chi connectivity index (χ4n) is 2.72. The van der Waals surface area contributed by atoms with Crippen molar-refractivity contribution < 1.29 is 14.3 Å². The van der Waals surface area contributed by atoms with E-state index in [1.807, 2.05) is 18.2 Å². The average molecular weight is 246 g/mol. The Labute approximate surface area is 105 Å². The molecule has 1 saturated heterocycles. The summed E-state index contributed by atoms with van der Waals surface area (Å²) >= 11 is 0. The van der Waals surface area contributed by atoms with E-state index in [1.54, 1.807) is 7.11 Å². The van der Waals surface area contributed by atoms with Crippen LogP contribution in [0.3, 0.4) is 0 Å². The van der Waals surface area contributed by atoms with Gasteiger partial charge in [0.15, 0.2) is 0 Å². The highest BCUT2D eigenvalue weighted by atomic mass is 16.5. The number of rotatable bonds is 1. The summed E-state index contributed by atoms with van der Waals surface area (Å²) < 4.78 is 5.19. The summed E-state index contributed by atoms with van der Waals surface area (Å²) in [6.07, 6.45) is 1.94. The second-order valence-electron chi connectivity index (χ2n) is 4.80. The van der Waals surface area contributed by atoms with E-state index in [2.05, 4.69) is 10.6 Å². The van der Waals surface area contributed by atoms with Gasteiger partial charge in [0.2, 0.25) is 0 Å². The summed E-state index contributed by atoms with van der Waals surface area (Å²) in [7, 11) is 1.64. The first-order chi connectivity index (χ1) is 8.63. The Hall–Kier alpha value is -2.04. The molecule has 1 spiro atoms. The zero-order valence-corrected chi connectivity index (χ0v) is 10.1. The number of hydrogen-bond donors (Lipinski definition) is 2. The van der Waals surface area contributed by atoms with Crippen LogP contribution < -0.4 is 15.4 Å². The average Bonchev–Trinajstić information content (AvgIpc) is 2.63. The number of methoxy groups -OCH3 is 1. The normalized spacial score (nSPS) is 25.6. The Bertz CT molecular complexity index is 541. The van der Waals surface area contributed by atoms with Gasteiger partial charge in [-0.1, -0.05) is 6.07 Å². The van der Waals surface area contributed by atoms with E-state index in [4.69, 9.17) is 4.74 Å². The number of urea groups is 1. The SMILES string of the molecule is COc1ccc2c(c1)CC[C@]1(C2)NC(=O)NC1=O. The van der Waals surface area contributed by atoms with Gasteiger partial charge in [-0.2, -0.15) is 0 Å². The number of benzene rings is 1. The van der Waals surface area contributed by atoms with Crippen molar-refractivity contribution in [2.45, 2.75) is 24.8 Å². The third-order valence-corrected chi connectivity index (χ3v) is 3.74. The molecule has 1 aliphatic heterocycles. The number of nitrogens with one attached hydrogen (secondary N) is 2. The van der Waals surface area contributed by atoms with Crippen LogP contribution in [0.1, 0.15) is 17.5 Å².